The van der Waals surface area contributed by atoms with Crippen molar-refractivity contribution in [1.82, 2.24) is 15.1 Å². The van der Waals surface area contributed by atoms with E-state index in [4.69, 9.17) is 5.73 Å². The third kappa shape index (κ3) is 1.96. The lowest BCUT2D eigenvalue weighted by Gasteiger charge is -2.04. The van der Waals surface area contributed by atoms with Crippen LogP contribution in [0.4, 0.5) is 11.5 Å². The average Bonchev–Trinajstić information content (AvgIpc) is 2.73. The average molecular weight is 207 g/mol. The molecule has 0 fully saturated rings. The van der Waals surface area contributed by atoms with E-state index in [1.54, 1.807) is 6.07 Å². The second kappa shape index (κ2) is 3.82. The lowest BCUT2D eigenvalue weighted by atomic mass is 10.4. The normalized spacial score (nSPS) is 10.1. The van der Waals surface area contributed by atoms with Gasteiger partial charge in [0.15, 0.2) is 5.82 Å². The Morgan fingerprint density at radius 1 is 1.60 bits per heavy atom. The maximum absolute atomic E-state index is 11.1. The molecular weight excluding hydrogens is 198 g/mol. The molecule has 7 heteroatoms. The summed E-state index contributed by atoms with van der Waals surface area (Å²) in [7, 11) is 0. The Kier molecular flexibility index (Phi) is 2.36. The van der Waals surface area contributed by atoms with E-state index in [1.807, 2.05) is 0 Å². The number of anilines is 2. The molecule has 2 rings (SSSR count). The van der Waals surface area contributed by atoms with Crippen LogP contribution in [0.3, 0.4) is 0 Å². The van der Waals surface area contributed by atoms with Gasteiger partial charge in [-0.25, -0.2) is 4.98 Å². The molecular formula is C8H9N5O2. The first-order valence-corrected chi connectivity index (χ1v) is 4.23. The Morgan fingerprint density at radius 2 is 2.47 bits per heavy atom. The van der Waals surface area contributed by atoms with Gasteiger partial charge in [0.25, 0.3) is 5.56 Å². The van der Waals surface area contributed by atoms with Gasteiger partial charge >= 0.3 is 0 Å². The Bertz CT molecular complexity index is 490. The van der Waals surface area contributed by atoms with Gasteiger partial charge in [0, 0.05) is 6.07 Å². The van der Waals surface area contributed by atoms with Crippen LogP contribution in [-0.4, -0.2) is 15.1 Å². The quantitative estimate of drug-likeness (QED) is 0.651. The molecule has 78 valence electrons. The van der Waals surface area contributed by atoms with Crippen molar-refractivity contribution in [3.05, 3.63) is 34.7 Å². The van der Waals surface area contributed by atoms with Gasteiger partial charge in [-0.1, -0.05) is 5.16 Å². The van der Waals surface area contributed by atoms with Gasteiger partial charge in [0.1, 0.15) is 17.6 Å². The van der Waals surface area contributed by atoms with Gasteiger partial charge in [-0.15, -0.1) is 0 Å². The Balaban J connectivity index is 2.12. The second-order valence-electron chi connectivity index (χ2n) is 2.84. The summed E-state index contributed by atoms with van der Waals surface area (Å²) >= 11 is 0. The fourth-order valence-electron chi connectivity index (χ4n) is 1.05. The SMILES string of the molecule is Nc1c(NCc2ccon2)nc[nH]c1=O. The molecule has 0 unspecified atom stereocenters. The smallest absolute Gasteiger partial charge is 0.276 e. The van der Waals surface area contributed by atoms with Crippen molar-refractivity contribution in [2.24, 2.45) is 0 Å². The number of rotatable bonds is 3. The van der Waals surface area contributed by atoms with E-state index in [1.165, 1.54) is 12.6 Å². The van der Waals surface area contributed by atoms with Crippen molar-refractivity contribution in [3.63, 3.8) is 0 Å². The third-order valence-corrected chi connectivity index (χ3v) is 1.82. The van der Waals surface area contributed by atoms with Crippen LogP contribution in [0.2, 0.25) is 0 Å². The van der Waals surface area contributed by atoms with Crippen LogP contribution in [-0.2, 0) is 6.54 Å². The highest BCUT2D eigenvalue weighted by Crippen LogP contribution is 2.08. The van der Waals surface area contributed by atoms with Crippen molar-refractivity contribution >= 4 is 11.5 Å². The molecule has 0 aliphatic heterocycles. The second-order valence-corrected chi connectivity index (χ2v) is 2.84. The number of nitrogens with one attached hydrogen (secondary N) is 2. The summed E-state index contributed by atoms with van der Waals surface area (Å²) in [5, 5.41) is 6.57. The van der Waals surface area contributed by atoms with Crippen molar-refractivity contribution in [2.75, 3.05) is 11.1 Å². The highest BCUT2D eigenvalue weighted by molar-refractivity contribution is 5.58. The zero-order chi connectivity index (χ0) is 10.7. The molecule has 0 radical (unpaired) electrons. The molecule has 0 saturated carbocycles. The molecule has 0 spiro atoms. The molecule has 0 bridgehead atoms. The number of aromatic nitrogens is 3. The number of H-pyrrole nitrogens is 1. The van der Waals surface area contributed by atoms with E-state index >= 15 is 0 Å². The van der Waals surface area contributed by atoms with Gasteiger partial charge in [0.2, 0.25) is 0 Å². The fourth-order valence-corrected chi connectivity index (χ4v) is 1.05. The standard InChI is InChI=1S/C8H9N5O2/c9-6-7(11-4-12-8(6)14)10-3-5-1-2-15-13-5/h1-2,4H,3,9H2,(H2,10,11,12,14). The zero-order valence-electron chi connectivity index (χ0n) is 7.73. The molecule has 0 amide bonds. The van der Waals surface area contributed by atoms with E-state index in [0.717, 1.165) is 0 Å². The molecule has 0 saturated heterocycles. The summed E-state index contributed by atoms with van der Waals surface area (Å²) in [4.78, 5) is 17.4. The minimum atomic E-state index is -0.368. The zero-order valence-corrected chi connectivity index (χ0v) is 7.73. The first kappa shape index (κ1) is 9.25. The largest absolute Gasteiger partial charge is 0.391 e. The molecule has 0 aliphatic carbocycles. The van der Waals surface area contributed by atoms with Crippen LogP contribution in [0.5, 0.6) is 0 Å². The van der Waals surface area contributed by atoms with Crippen LogP contribution < -0.4 is 16.6 Å². The number of hydrogen-bond acceptors (Lipinski definition) is 6. The fraction of sp³-hybridized carbons (Fsp3) is 0.125. The van der Waals surface area contributed by atoms with E-state index in [-0.39, 0.29) is 11.2 Å². The summed E-state index contributed by atoms with van der Waals surface area (Å²) in [5.74, 6) is 0.335. The van der Waals surface area contributed by atoms with Crippen LogP contribution in [0, 0.1) is 0 Å². The van der Waals surface area contributed by atoms with Crippen molar-refractivity contribution in [2.45, 2.75) is 6.54 Å². The molecule has 0 aromatic carbocycles. The monoisotopic (exact) mass is 207 g/mol. The topological polar surface area (TPSA) is 110 Å². The number of nitrogens with zero attached hydrogens (tertiary/aromatic N) is 2. The predicted molar refractivity (Wildman–Crippen MR) is 53.1 cm³/mol. The van der Waals surface area contributed by atoms with Crippen LogP contribution in [0.1, 0.15) is 5.69 Å². The number of nitrogen functional groups attached to an aromatic ring is 1. The molecule has 2 heterocycles. The van der Waals surface area contributed by atoms with Gasteiger partial charge in [0.05, 0.1) is 12.9 Å². The summed E-state index contributed by atoms with van der Waals surface area (Å²) < 4.78 is 4.65. The maximum atomic E-state index is 11.1. The minimum absolute atomic E-state index is 0.0565. The Labute approximate surface area is 84.3 Å². The summed E-state index contributed by atoms with van der Waals surface area (Å²) in [5.41, 5.74) is 5.90. The van der Waals surface area contributed by atoms with Crippen LogP contribution in [0.15, 0.2) is 28.0 Å². The maximum Gasteiger partial charge on any atom is 0.276 e. The third-order valence-electron chi connectivity index (χ3n) is 1.82. The minimum Gasteiger partial charge on any atom is -0.391 e. The predicted octanol–water partition coefficient (Wildman–Crippen LogP) is -0.0478. The van der Waals surface area contributed by atoms with E-state index in [2.05, 4.69) is 25.0 Å². The highest BCUT2D eigenvalue weighted by atomic mass is 16.5. The number of nitrogens with two attached hydrogens (primary N) is 1. The number of aromatic amines is 1. The molecule has 15 heavy (non-hydrogen) atoms. The van der Waals surface area contributed by atoms with Crippen LogP contribution >= 0.6 is 0 Å². The summed E-state index contributed by atoms with van der Waals surface area (Å²) in [6, 6.07) is 1.70. The lowest BCUT2D eigenvalue weighted by Crippen LogP contribution is -2.16. The molecule has 0 atom stereocenters. The van der Waals surface area contributed by atoms with Gasteiger partial charge in [-0.2, -0.15) is 0 Å². The lowest BCUT2D eigenvalue weighted by molar-refractivity contribution is 0.412. The molecule has 0 aliphatic rings. The molecule has 2 aromatic rings. The van der Waals surface area contributed by atoms with E-state index in [0.29, 0.717) is 18.1 Å². The summed E-state index contributed by atoms with van der Waals surface area (Å²) in [6.07, 6.45) is 2.75. The first-order valence-electron chi connectivity index (χ1n) is 4.23. The van der Waals surface area contributed by atoms with Crippen molar-refractivity contribution in [1.29, 1.82) is 0 Å². The van der Waals surface area contributed by atoms with Crippen molar-refractivity contribution < 1.29 is 4.52 Å². The highest BCUT2D eigenvalue weighted by Gasteiger charge is 2.04. The van der Waals surface area contributed by atoms with Gasteiger partial charge < -0.3 is 20.6 Å². The number of hydrogen-bond donors (Lipinski definition) is 3. The molecule has 2 aromatic heterocycles. The summed E-state index contributed by atoms with van der Waals surface area (Å²) in [6.45, 7) is 0.400. The van der Waals surface area contributed by atoms with Gasteiger partial charge in [-0.05, 0) is 0 Å². The Morgan fingerprint density at radius 3 is 3.20 bits per heavy atom. The molecule has 4 N–H and O–H groups in total. The molecule has 7 nitrogen and oxygen atoms in total. The van der Waals surface area contributed by atoms with Crippen molar-refractivity contribution in [3.8, 4) is 0 Å². The van der Waals surface area contributed by atoms with Crippen LogP contribution in [0.25, 0.3) is 0 Å². The van der Waals surface area contributed by atoms with E-state index in [9.17, 15) is 4.79 Å². The Hall–Kier alpha value is -2.31. The van der Waals surface area contributed by atoms with Gasteiger partial charge in [-0.3, -0.25) is 4.79 Å². The first-order chi connectivity index (χ1) is 7.27. The van der Waals surface area contributed by atoms with E-state index < -0.39 is 0 Å².